The molecule has 1 aromatic carbocycles. The Kier molecular flexibility index (Phi) is 11.2. The van der Waals surface area contributed by atoms with Gasteiger partial charge in [-0.15, -0.1) is 24.0 Å². The molecule has 6 nitrogen and oxygen atoms in total. The number of hydrogen-bond acceptors (Lipinski definition) is 4. The highest BCUT2D eigenvalue weighted by Crippen LogP contribution is 2.17. The van der Waals surface area contributed by atoms with Crippen molar-refractivity contribution >= 4 is 35.9 Å². The van der Waals surface area contributed by atoms with Gasteiger partial charge in [-0.3, -0.25) is 9.79 Å². The van der Waals surface area contributed by atoms with Crippen molar-refractivity contribution in [2.24, 2.45) is 4.99 Å². The van der Waals surface area contributed by atoms with Gasteiger partial charge in [-0.25, -0.2) is 0 Å². The molecule has 0 aliphatic carbocycles. The van der Waals surface area contributed by atoms with Crippen LogP contribution in [0.15, 0.2) is 29.3 Å². The molecule has 0 aliphatic heterocycles. The first-order valence-corrected chi connectivity index (χ1v) is 6.93. The molecule has 0 amide bonds. The molecular formula is C15H24IN3O3. The molecule has 0 saturated carbocycles. The number of carbonyl (C=O) groups excluding carboxylic acids is 1. The van der Waals surface area contributed by atoms with Gasteiger partial charge in [0.1, 0.15) is 5.75 Å². The normalized spacial score (nSPS) is 10.4. The number of halogens is 1. The minimum absolute atomic E-state index is 0. The monoisotopic (exact) mass is 421 g/mol. The topological polar surface area (TPSA) is 72.0 Å². The van der Waals surface area contributed by atoms with Gasteiger partial charge in [0.05, 0.1) is 20.1 Å². The molecule has 0 aliphatic rings. The number of rotatable bonds is 7. The Labute approximate surface area is 148 Å². The van der Waals surface area contributed by atoms with E-state index in [0.717, 1.165) is 11.3 Å². The van der Waals surface area contributed by atoms with Crippen molar-refractivity contribution in [3.8, 4) is 5.75 Å². The molecule has 0 atom stereocenters. The van der Waals surface area contributed by atoms with Crippen LogP contribution < -0.4 is 15.4 Å². The molecule has 0 aromatic heterocycles. The lowest BCUT2D eigenvalue weighted by Crippen LogP contribution is -2.38. The molecule has 0 unspecified atom stereocenters. The lowest BCUT2D eigenvalue weighted by molar-refractivity contribution is -0.140. The standard InChI is InChI=1S/C15H23N3O3.HI/c1-4-21-13-8-6-5-7-12(13)11-18-15(16-2)17-10-9-14(19)20-3;/h5-8H,4,9-11H2,1-3H3,(H2,16,17,18);1H. The van der Waals surface area contributed by atoms with Gasteiger partial charge < -0.3 is 20.1 Å². The minimum Gasteiger partial charge on any atom is -0.494 e. The van der Waals surface area contributed by atoms with E-state index in [4.69, 9.17) is 4.74 Å². The SMILES string of the molecule is CCOc1ccccc1CNC(=NC)NCCC(=O)OC.I. The average Bonchev–Trinajstić information content (AvgIpc) is 2.52. The summed E-state index contributed by atoms with van der Waals surface area (Å²) in [6.07, 6.45) is 0.298. The summed E-state index contributed by atoms with van der Waals surface area (Å²) in [6.45, 7) is 3.65. The Morgan fingerprint density at radius 3 is 2.64 bits per heavy atom. The van der Waals surface area contributed by atoms with Crippen molar-refractivity contribution in [3.63, 3.8) is 0 Å². The summed E-state index contributed by atoms with van der Waals surface area (Å²) < 4.78 is 10.2. The second-order valence-electron chi connectivity index (χ2n) is 4.22. The first kappa shape index (κ1) is 20.5. The van der Waals surface area contributed by atoms with Crippen LogP contribution >= 0.6 is 24.0 Å². The third-order valence-corrected chi connectivity index (χ3v) is 2.79. The van der Waals surface area contributed by atoms with E-state index in [1.165, 1.54) is 7.11 Å². The number of ether oxygens (including phenoxy) is 2. The number of nitrogens with one attached hydrogen (secondary N) is 2. The summed E-state index contributed by atoms with van der Waals surface area (Å²) in [4.78, 5) is 15.1. The van der Waals surface area contributed by atoms with Crippen LogP contribution in [-0.2, 0) is 16.1 Å². The first-order chi connectivity index (χ1) is 10.2. The Balaban J connectivity index is 0.00000441. The molecule has 1 aromatic rings. The fraction of sp³-hybridized carbons (Fsp3) is 0.467. The van der Waals surface area contributed by atoms with Gasteiger partial charge in [-0.05, 0) is 13.0 Å². The highest BCUT2D eigenvalue weighted by Gasteiger charge is 2.05. The summed E-state index contributed by atoms with van der Waals surface area (Å²) >= 11 is 0. The molecule has 0 fully saturated rings. The van der Waals surface area contributed by atoms with Crippen molar-refractivity contribution in [2.75, 3.05) is 27.3 Å². The molecule has 2 N–H and O–H groups in total. The van der Waals surface area contributed by atoms with Crippen molar-refractivity contribution in [1.82, 2.24) is 10.6 Å². The maximum Gasteiger partial charge on any atom is 0.307 e. The van der Waals surface area contributed by atoms with Crippen LogP contribution in [0, 0.1) is 0 Å². The number of esters is 1. The van der Waals surface area contributed by atoms with E-state index in [1.54, 1.807) is 7.05 Å². The van der Waals surface area contributed by atoms with E-state index in [-0.39, 0.29) is 29.9 Å². The van der Waals surface area contributed by atoms with E-state index < -0.39 is 0 Å². The summed E-state index contributed by atoms with van der Waals surface area (Å²) in [5.74, 6) is 1.24. The number of aliphatic imine (C=N–C) groups is 1. The summed E-state index contributed by atoms with van der Waals surface area (Å²) in [6, 6.07) is 7.85. The molecule has 22 heavy (non-hydrogen) atoms. The largest absolute Gasteiger partial charge is 0.494 e. The molecule has 0 heterocycles. The third-order valence-electron chi connectivity index (χ3n) is 2.79. The van der Waals surface area contributed by atoms with Crippen LogP contribution in [0.25, 0.3) is 0 Å². The molecule has 0 radical (unpaired) electrons. The molecule has 0 spiro atoms. The van der Waals surface area contributed by atoms with Crippen LogP contribution in [0.5, 0.6) is 5.75 Å². The van der Waals surface area contributed by atoms with Gasteiger partial charge in [0.15, 0.2) is 5.96 Å². The van der Waals surface area contributed by atoms with Gasteiger partial charge in [-0.2, -0.15) is 0 Å². The average molecular weight is 421 g/mol. The Bertz CT molecular complexity index is 481. The molecule has 0 bridgehead atoms. The predicted octanol–water partition coefficient (Wildman–Crippen LogP) is 1.93. The second kappa shape index (κ2) is 12.1. The van der Waals surface area contributed by atoms with Crippen LogP contribution in [0.1, 0.15) is 18.9 Å². The Morgan fingerprint density at radius 2 is 2.00 bits per heavy atom. The van der Waals surface area contributed by atoms with Crippen LogP contribution in [0.4, 0.5) is 0 Å². The fourth-order valence-electron chi connectivity index (χ4n) is 1.73. The summed E-state index contributed by atoms with van der Waals surface area (Å²) in [7, 11) is 3.06. The number of guanidine groups is 1. The number of para-hydroxylation sites is 1. The van der Waals surface area contributed by atoms with Crippen molar-refractivity contribution in [2.45, 2.75) is 19.9 Å². The van der Waals surface area contributed by atoms with E-state index in [0.29, 0.717) is 32.1 Å². The van der Waals surface area contributed by atoms with Gasteiger partial charge in [0.25, 0.3) is 0 Å². The third kappa shape index (κ3) is 7.48. The minimum atomic E-state index is -0.250. The van der Waals surface area contributed by atoms with E-state index in [2.05, 4.69) is 20.4 Å². The van der Waals surface area contributed by atoms with Crippen LogP contribution in [0.3, 0.4) is 0 Å². The highest BCUT2D eigenvalue weighted by atomic mass is 127. The number of nitrogens with zero attached hydrogens (tertiary/aromatic N) is 1. The van der Waals surface area contributed by atoms with Crippen molar-refractivity contribution in [1.29, 1.82) is 0 Å². The fourth-order valence-corrected chi connectivity index (χ4v) is 1.73. The van der Waals surface area contributed by atoms with Crippen LogP contribution in [-0.4, -0.2) is 39.2 Å². The summed E-state index contributed by atoms with van der Waals surface area (Å²) in [5.41, 5.74) is 1.05. The number of methoxy groups -OCH3 is 1. The Morgan fingerprint density at radius 1 is 1.27 bits per heavy atom. The maximum absolute atomic E-state index is 11.0. The smallest absolute Gasteiger partial charge is 0.307 e. The maximum atomic E-state index is 11.0. The molecule has 124 valence electrons. The first-order valence-electron chi connectivity index (χ1n) is 6.93. The molecule has 7 heteroatoms. The lowest BCUT2D eigenvalue weighted by atomic mass is 10.2. The number of carbonyl (C=O) groups is 1. The zero-order chi connectivity index (χ0) is 15.5. The van der Waals surface area contributed by atoms with E-state index in [1.807, 2.05) is 31.2 Å². The lowest BCUT2D eigenvalue weighted by Gasteiger charge is -2.14. The Hall–Kier alpha value is -1.51. The van der Waals surface area contributed by atoms with E-state index >= 15 is 0 Å². The highest BCUT2D eigenvalue weighted by molar-refractivity contribution is 14.0. The van der Waals surface area contributed by atoms with E-state index in [9.17, 15) is 4.79 Å². The molecule has 0 saturated heterocycles. The quantitative estimate of drug-likeness (QED) is 0.305. The zero-order valence-electron chi connectivity index (χ0n) is 13.2. The molecule has 1 rings (SSSR count). The van der Waals surface area contributed by atoms with Gasteiger partial charge in [0, 0.05) is 25.7 Å². The summed E-state index contributed by atoms with van der Waals surface area (Å²) in [5, 5.41) is 6.24. The van der Waals surface area contributed by atoms with Crippen molar-refractivity contribution in [3.05, 3.63) is 29.8 Å². The second-order valence-corrected chi connectivity index (χ2v) is 4.22. The van der Waals surface area contributed by atoms with Crippen molar-refractivity contribution < 1.29 is 14.3 Å². The van der Waals surface area contributed by atoms with Gasteiger partial charge in [-0.1, -0.05) is 18.2 Å². The van der Waals surface area contributed by atoms with Gasteiger partial charge >= 0.3 is 5.97 Å². The predicted molar refractivity (Wildman–Crippen MR) is 97.9 cm³/mol. The zero-order valence-corrected chi connectivity index (χ0v) is 15.5. The number of benzene rings is 1. The van der Waals surface area contributed by atoms with Crippen LogP contribution in [0.2, 0.25) is 0 Å². The number of hydrogen-bond donors (Lipinski definition) is 2. The molecular weight excluding hydrogens is 397 g/mol. The van der Waals surface area contributed by atoms with Gasteiger partial charge in [0.2, 0.25) is 0 Å².